The van der Waals surface area contributed by atoms with Crippen LogP contribution in [-0.4, -0.2) is 47.1 Å². The molecule has 43 heavy (non-hydrogen) atoms. The molecule has 0 bridgehead atoms. The number of hydrogen-bond donors (Lipinski definition) is 3. The molecule has 1 aliphatic rings. The zero-order valence-corrected chi connectivity index (χ0v) is 24.4. The van der Waals surface area contributed by atoms with Gasteiger partial charge in [0.2, 0.25) is 0 Å². The van der Waals surface area contributed by atoms with Gasteiger partial charge in [0, 0.05) is 60.4 Å². The van der Waals surface area contributed by atoms with Crippen LogP contribution in [0.4, 0.5) is 11.5 Å². The molecule has 2 aromatic carbocycles. The minimum absolute atomic E-state index is 0.0628. The van der Waals surface area contributed by atoms with Crippen molar-refractivity contribution in [2.24, 2.45) is 0 Å². The van der Waals surface area contributed by atoms with Crippen molar-refractivity contribution in [3.05, 3.63) is 93.7 Å². The van der Waals surface area contributed by atoms with Crippen molar-refractivity contribution < 1.29 is 13.2 Å². The van der Waals surface area contributed by atoms with E-state index in [1.165, 1.54) is 10.7 Å². The molecule has 0 radical (unpaired) electrons. The van der Waals surface area contributed by atoms with E-state index in [-0.39, 0.29) is 29.1 Å². The predicted octanol–water partition coefficient (Wildman–Crippen LogP) is 2.72. The molecule has 1 aliphatic heterocycles. The zero-order chi connectivity index (χ0) is 30.5. The van der Waals surface area contributed by atoms with Gasteiger partial charge in [-0.3, -0.25) is 18.9 Å². The van der Waals surface area contributed by atoms with Crippen molar-refractivity contribution >= 4 is 44.0 Å². The molecule has 13 heteroatoms. The number of anilines is 2. The van der Waals surface area contributed by atoms with E-state index in [2.05, 4.69) is 30.8 Å². The number of fused-ring (bicyclic) bond motifs is 1. The van der Waals surface area contributed by atoms with E-state index < -0.39 is 22.2 Å². The lowest BCUT2D eigenvalue weighted by atomic mass is 9.97. The molecule has 0 saturated heterocycles. The smallest absolute Gasteiger partial charge is 0.300 e. The van der Waals surface area contributed by atoms with Gasteiger partial charge < -0.3 is 10.2 Å². The third-order valence-electron chi connectivity index (χ3n) is 7.37. The van der Waals surface area contributed by atoms with Crippen LogP contribution in [-0.2, 0) is 16.8 Å². The minimum Gasteiger partial charge on any atom is -0.370 e. The predicted molar refractivity (Wildman–Crippen MR) is 165 cm³/mol. The molecule has 6 rings (SSSR count). The number of aromatic nitrogens is 4. The number of pyridine rings is 1. The molecule has 0 fully saturated rings. The van der Waals surface area contributed by atoms with Crippen molar-refractivity contribution in [1.82, 2.24) is 29.2 Å². The monoisotopic (exact) mass is 596 g/mol. The molecule has 3 aromatic heterocycles. The van der Waals surface area contributed by atoms with E-state index in [0.29, 0.717) is 28.9 Å². The number of para-hydroxylation sites is 1. The number of rotatable bonds is 8. The average molecular weight is 597 g/mol. The number of nitrogens with one attached hydrogen (secondary N) is 3. The van der Waals surface area contributed by atoms with Gasteiger partial charge in [-0.25, -0.2) is 9.50 Å². The normalized spacial score (nSPS) is 13.3. The van der Waals surface area contributed by atoms with Gasteiger partial charge in [0.25, 0.3) is 21.7 Å². The van der Waals surface area contributed by atoms with Crippen LogP contribution in [0, 0.1) is 12.3 Å². The van der Waals surface area contributed by atoms with Gasteiger partial charge >= 0.3 is 0 Å². The molecule has 5 aromatic rings. The summed E-state index contributed by atoms with van der Waals surface area (Å²) in [5.41, 5.74) is 3.20. The summed E-state index contributed by atoms with van der Waals surface area (Å²) in [6.45, 7) is 4.03. The van der Waals surface area contributed by atoms with E-state index in [0.717, 1.165) is 16.6 Å². The molecule has 1 amide bonds. The van der Waals surface area contributed by atoms with Gasteiger partial charge in [0.1, 0.15) is 5.56 Å². The quantitative estimate of drug-likeness (QED) is 0.234. The van der Waals surface area contributed by atoms with Crippen LogP contribution in [0.1, 0.15) is 47.1 Å². The Labute approximate surface area is 247 Å². The highest BCUT2D eigenvalue weighted by molar-refractivity contribution is 7.90. The molecule has 0 unspecified atom stereocenters. The van der Waals surface area contributed by atoms with Gasteiger partial charge in [0.15, 0.2) is 11.5 Å². The van der Waals surface area contributed by atoms with Crippen LogP contribution in [0.3, 0.4) is 0 Å². The fraction of sp³-hybridized carbons (Fsp3) is 0.200. The molecular formula is C30H28N8O4S. The number of carbonyl (C=O) groups is 1. The SMILES string of the molecule is C#Cc1ccc2c3c(c([C@H](C)NC(=O)c4c(NS(=O)(=O)NCC)nn5cccnc45)n(-c4ccccc4)c(=O)c13)CN2C. The Morgan fingerprint density at radius 2 is 1.91 bits per heavy atom. The summed E-state index contributed by atoms with van der Waals surface area (Å²) >= 11 is 0. The summed E-state index contributed by atoms with van der Waals surface area (Å²) in [4.78, 5) is 34.5. The minimum atomic E-state index is -4.01. The van der Waals surface area contributed by atoms with Crippen molar-refractivity contribution in [1.29, 1.82) is 0 Å². The third-order valence-corrected chi connectivity index (χ3v) is 8.50. The lowest BCUT2D eigenvalue weighted by Crippen LogP contribution is -2.34. The number of hydrogen-bond acceptors (Lipinski definition) is 7. The fourth-order valence-electron chi connectivity index (χ4n) is 5.67. The average Bonchev–Trinajstić information content (AvgIpc) is 3.51. The number of carbonyl (C=O) groups excluding carboxylic acids is 1. The number of amides is 1. The van der Waals surface area contributed by atoms with Crippen molar-refractivity contribution in [2.75, 3.05) is 23.2 Å². The van der Waals surface area contributed by atoms with Crippen LogP contribution in [0.5, 0.6) is 0 Å². The van der Waals surface area contributed by atoms with Gasteiger partial charge in [-0.1, -0.05) is 31.0 Å². The number of terminal acetylenes is 1. The highest BCUT2D eigenvalue weighted by Crippen LogP contribution is 2.40. The molecule has 3 N–H and O–H groups in total. The summed E-state index contributed by atoms with van der Waals surface area (Å²) in [6, 6.07) is 13.7. The molecule has 4 heterocycles. The van der Waals surface area contributed by atoms with Crippen LogP contribution in [0.15, 0.2) is 65.7 Å². The van der Waals surface area contributed by atoms with E-state index in [9.17, 15) is 18.0 Å². The van der Waals surface area contributed by atoms with E-state index in [1.54, 1.807) is 36.7 Å². The number of nitrogens with zero attached hydrogens (tertiary/aromatic N) is 5. The fourth-order valence-corrected chi connectivity index (χ4v) is 6.52. The van der Waals surface area contributed by atoms with E-state index >= 15 is 0 Å². The Hall–Kier alpha value is -5.19. The topological polar surface area (TPSA) is 143 Å². The Balaban J connectivity index is 1.53. The first-order valence-electron chi connectivity index (χ1n) is 13.5. The maximum Gasteiger partial charge on any atom is 0.300 e. The van der Waals surface area contributed by atoms with Crippen molar-refractivity contribution in [3.8, 4) is 18.0 Å². The zero-order valence-electron chi connectivity index (χ0n) is 23.6. The first-order valence-corrected chi connectivity index (χ1v) is 15.0. The summed E-state index contributed by atoms with van der Waals surface area (Å²) < 4.78 is 32.7. The first kappa shape index (κ1) is 28.0. The Morgan fingerprint density at radius 3 is 2.63 bits per heavy atom. The van der Waals surface area contributed by atoms with Crippen molar-refractivity contribution in [3.63, 3.8) is 0 Å². The van der Waals surface area contributed by atoms with E-state index in [1.807, 2.05) is 48.3 Å². The summed E-state index contributed by atoms with van der Waals surface area (Å²) in [5.74, 6) is 1.85. The second kappa shape index (κ2) is 10.6. The lowest BCUT2D eigenvalue weighted by Gasteiger charge is -2.23. The van der Waals surface area contributed by atoms with Crippen molar-refractivity contribution in [2.45, 2.75) is 26.4 Å². The highest BCUT2D eigenvalue weighted by atomic mass is 32.2. The first-order chi connectivity index (χ1) is 20.6. The Bertz CT molecular complexity index is 2130. The summed E-state index contributed by atoms with van der Waals surface area (Å²) in [6.07, 6.45) is 8.88. The third kappa shape index (κ3) is 4.66. The molecule has 0 aliphatic carbocycles. The van der Waals surface area contributed by atoms with Gasteiger partial charge in [-0.05, 0) is 37.3 Å². The van der Waals surface area contributed by atoms with Gasteiger partial charge in [0.05, 0.1) is 17.1 Å². The molecule has 12 nitrogen and oxygen atoms in total. The highest BCUT2D eigenvalue weighted by Gasteiger charge is 2.32. The number of benzene rings is 2. The molecular weight excluding hydrogens is 568 g/mol. The van der Waals surface area contributed by atoms with Gasteiger partial charge in [-0.2, -0.15) is 13.1 Å². The largest absolute Gasteiger partial charge is 0.370 e. The van der Waals surface area contributed by atoms with Crippen LogP contribution in [0.25, 0.3) is 22.1 Å². The van der Waals surface area contributed by atoms with Gasteiger partial charge in [-0.15, -0.1) is 11.5 Å². The lowest BCUT2D eigenvalue weighted by molar-refractivity contribution is 0.0941. The van der Waals surface area contributed by atoms with E-state index in [4.69, 9.17) is 6.42 Å². The van der Waals surface area contributed by atoms with Crippen LogP contribution < -0.4 is 25.2 Å². The maximum absolute atomic E-state index is 14.3. The second-order valence-corrected chi connectivity index (χ2v) is 11.6. The van der Waals surface area contributed by atoms with Crippen LogP contribution in [0.2, 0.25) is 0 Å². The molecule has 0 spiro atoms. The Morgan fingerprint density at radius 1 is 1.14 bits per heavy atom. The second-order valence-electron chi connectivity index (χ2n) is 10.1. The maximum atomic E-state index is 14.3. The summed E-state index contributed by atoms with van der Waals surface area (Å²) in [7, 11) is -2.08. The summed E-state index contributed by atoms with van der Waals surface area (Å²) in [5, 5.41) is 8.44. The molecule has 218 valence electrons. The standard InChI is InChI=1S/C30H28N8O4S/c1-5-19-13-14-22-24-21(17-36(22)4)26(38(30(40)23(19)24)20-11-8-7-9-12-20)18(3)33-29(39)25-27(35-43(41,42)32-6-2)34-37-16-10-15-31-28(25)37/h1,7-16,18,32H,6,17H2,2-4H3,(H,33,39)(H,34,35)/t18-/m0/s1. The molecule has 0 saturated carbocycles. The van der Waals surface area contributed by atoms with Crippen LogP contribution >= 0.6 is 0 Å². The Kier molecular flexibility index (Phi) is 6.87. The molecule has 1 atom stereocenters.